The SMILES string of the molecule is Cc1ccc(CCC(C#N)Oc2cccc(C)c2)cc1. The maximum atomic E-state index is 9.20. The fourth-order valence-electron chi connectivity index (χ4n) is 2.06. The van der Waals surface area contributed by atoms with Gasteiger partial charge in [-0.3, -0.25) is 0 Å². The van der Waals surface area contributed by atoms with E-state index in [0.717, 1.165) is 17.7 Å². The Morgan fingerprint density at radius 2 is 1.80 bits per heavy atom. The Morgan fingerprint density at radius 1 is 1.05 bits per heavy atom. The van der Waals surface area contributed by atoms with Crippen molar-refractivity contribution < 1.29 is 4.74 Å². The van der Waals surface area contributed by atoms with Crippen molar-refractivity contribution in [3.05, 3.63) is 65.2 Å². The van der Waals surface area contributed by atoms with Crippen LogP contribution in [0, 0.1) is 25.2 Å². The van der Waals surface area contributed by atoms with E-state index in [-0.39, 0.29) is 0 Å². The zero-order valence-electron chi connectivity index (χ0n) is 12.0. The number of hydrogen-bond donors (Lipinski definition) is 0. The molecule has 2 nitrogen and oxygen atoms in total. The van der Waals surface area contributed by atoms with E-state index in [1.165, 1.54) is 11.1 Å². The van der Waals surface area contributed by atoms with E-state index >= 15 is 0 Å². The van der Waals surface area contributed by atoms with Gasteiger partial charge in [0.25, 0.3) is 0 Å². The lowest BCUT2D eigenvalue weighted by molar-refractivity contribution is 0.245. The molecule has 1 atom stereocenters. The zero-order chi connectivity index (χ0) is 14.4. The fraction of sp³-hybridized carbons (Fsp3) is 0.278. The van der Waals surface area contributed by atoms with Crippen molar-refractivity contribution in [1.82, 2.24) is 0 Å². The lowest BCUT2D eigenvalue weighted by Gasteiger charge is -2.13. The lowest BCUT2D eigenvalue weighted by Crippen LogP contribution is -2.15. The Labute approximate surface area is 120 Å². The van der Waals surface area contributed by atoms with Gasteiger partial charge in [0.1, 0.15) is 11.8 Å². The largest absolute Gasteiger partial charge is 0.476 e. The highest BCUT2D eigenvalue weighted by Gasteiger charge is 2.09. The molecule has 2 aromatic rings. The number of nitriles is 1. The van der Waals surface area contributed by atoms with E-state index < -0.39 is 6.10 Å². The van der Waals surface area contributed by atoms with Crippen LogP contribution in [0.15, 0.2) is 48.5 Å². The molecule has 0 heterocycles. The minimum atomic E-state index is -0.405. The van der Waals surface area contributed by atoms with Crippen LogP contribution in [0.2, 0.25) is 0 Å². The molecule has 0 aliphatic carbocycles. The summed E-state index contributed by atoms with van der Waals surface area (Å²) in [6.07, 6.45) is 1.15. The lowest BCUT2D eigenvalue weighted by atomic mass is 10.1. The first kappa shape index (κ1) is 14.1. The van der Waals surface area contributed by atoms with Gasteiger partial charge in [0.05, 0.1) is 0 Å². The second-order valence-corrected chi connectivity index (χ2v) is 5.08. The summed E-state index contributed by atoms with van der Waals surface area (Å²) in [5.41, 5.74) is 3.63. The second-order valence-electron chi connectivity index (χ2n) is 5.08. The molecule has 0 aromatic heterocycles. The van der Waals surface area contributed by atoms with Gasteiger partial charge in [-0.2, -0.15) is 5.26 Å². The van der Waals surface area contributed by atoms with E-state index in [4.69, 9.17) is 4.74 Å². The number of aryl methyl sites for hydroxylation is 3. The van der Waals surface area contributed by atoms with Crippen LogP contribution < -0.4 is 4.74 Å². The molecule has 2 heteroatoms. The summed E-state index contributed by atoms with van der Waals surface area (Å²) >= 11 is 0. The van der Waals surface area contributed by atoms with Crippen LogP contribution in [0.4, 0.5) is 0 Å². The van der Waals surface area contributed by atoms with Crippen molar-refractivity contribution in [2.24, 2.45) is 0 Å². The van der Waals surface area contributed by atoms with Gasteiger partial charge in [0.15, 0.2) is 6.10 Å². The summed E-state index contributed by atoms with van der Waals surface area (Å²) in [6, 6.07) is 18.4. The molecular weight excluding hydrogens is 246 g/mol. The molecule has 0 saturated carbocycles. The van der Waals surface area contributed by atoms with Crippen molar-refractivity contribution in [2.45, 2.75) is 32.8 Å². The van der Waals surface area contributed by atoms with Gasteiger partial charge in [0.2, 0.25) is 0 Å². The maximum Gasteiger partial charge on any atom is 0.184 e. The average molecular weight is 265 g/mol. The van der Waals surface area contributed by atoms with Crippen LogP contribution in [0.25, 0.3) is 0 Å². The van der Waals surface area contributed by atoms with E-state index in [0.29, 0.717) is 6.42 Å². The van der Waals surface area contributed by atoms with Gasteiger partial charge in [0, 0.05) is 6.42 Å². The second kappa shape index (κ2) is 6.77. The summed E-state index contributed by atoms with van der Waals surface area (Å²) in [4.78, 5) is 0. The Balaban J connectivity index is 1.93. The topological polar surface area (TPSA) is 33.0 Å². The van der Waals surface area contributed by atoms with Crippen LogP contribution in [0.1, 0.15) is 23.1 Å². The number of hydrogen-bond acceptors (Lipinski definition) is 2. The Bertz CT molecular complexity index is 596. The van der Waals surface area contributed by atoms with Crippen LogP contribution in [0.3, 0.4) is 0 Å². The molecule has 0 radical (unpaired) electrons. The monoisotopic (exact) mass is 265 g/mol. The van der Waals surface area contributed by atoms with E-state index in [9.17, 15) is 5.26 Å². The van der Waals surface area contributed by atoms with Gasteiger partial charge in [-0.25, -0.2) is 0 Å². The molecular formula is C18H19NO. The van der Waals surface area contributed by atoms with Crippen molar-refractivity contribution in [3.8, 4) is 11.8 Å². The summed E-state index contributed by atoms with van der Waals surface area (Å²) in [7, 11) is 0. The normalized spacial score (nSPS) is 11.7. The molecule has 0 N–H and O–H groups in total. The number of benzene rings is 2. The number of nitrogens with zero attached hydrogens (tertiary/aromatic N) is 1. The minimum Gasteiger partial charge on any atom is -0.476 e. The minimum absolute atomic E-state index is 0.405. The summed E-state index contributed by atoms with van der Waals surface area (Å²) in [5, 5.41) is 9.20. The van der Waals surface area contributed by atoms with Crippen LogP contribution in [-0.4, -0.2) is 6.10 Å². The standard InChI is InChI=1S/C18H19NO/c1-14-6-8-16(9-7-14)10-11-18(13-19)20-17-5-3-4-15(2)12-17/h3-9,12,18H,10-11H2,1-2H3. The number of ether oxygens (including phenoxy) is 1. The highest BCUT2D eigenvalue weighted by molar-refractivity contribution is 5.28. The highest BCUT2D eigenvalue weighted by Crippen LogP contribution is 2.16. The highest BCUT2D eigenvalue weighted by atomic mass is 16.5. The maximum absolute atomic E-state index is 9.20. The first-order chi connectivity index (χ1) is 9.67. The van der Waals surface area contributed by atoms with Crippen LogP contribution in [0.5, 0.6) is 5.75 Å². The van der Waals surface area contributed by atoms with Crippen molar-refractivity contribution in [2.75, 3.05) is 0 Å². The fourth-order valence-corrected chi connectivity index (χ4v) is 2.06. The van der Waals surface area contributed by atoms with Gasteiger partial charge in [-0.15, -0.1) is 0 Å². The summed E-state index contributed by atoms with van der Waals surface area (Å²) < 4.78 is 5.73. The van der Waals surface area contributed by atoms with Gasteiger partial charge in [-0.05, 0) is 43.5 Å². The molecule has 0 aliphatic heterocycles. The first-order valence-corrected chi connectivity index (χ1v) is 6.86. The van der Waals surface area contributed by atoms with E-state index in [1.54, 1.807) is 0 Å². The molecule has 0 fully saturated rings. The molecule has 0 bridgehead atoms. The van der Waals surface area contributed by atoms with Crippen molar-refractivity contribution >= 4 is 0 Å². The predicted molar refractivity (Wildman–Crippen MR) is 80.7 cm³/mol. The zero-order valence-corrected chi connectivity index (χ0v) is 12.0. The Kier molecular flexibility index (Phi) is 4.79. The first-order valence-electron chi connectivity index (χ1n) is 6.86. The summed E-state index contributed by atoms with van der Waals surface area (Å²) in [6.45, 7) is 4.09. The van der Waals surface area contributed by atoms with Crippen LogP contribution >= 0.6 is 0 Å². The molecule has 20 heavy (non-hydrogen) atoms. The average Bonchev–Trinajstić information content (AvgIpc) is 2.45. The molecule has 0 spiro atoms. The van der Waals surface area contributed by atoms with Gasteiger partial charge < -0.3 is 4.74 Å². The quantitative estimate of drug-likeness (QED) is 0.811. The molecule has 0 saturated heterocycles. The smallest absolute Gasteiger partial charge is 0.184 e. The van der Waals surface area contributed by atoms with Crippen molar-refractivity contribution in [1.29, 1.82) is 5.26 Å². The molecule has 0 aliphatic rings. The summed E-state index contributed by atoms with van der Waals surface area (Å²) in [5.74, 6) is 0.764. The van der Waals surface area contributed by atoms with Gasteiger partial charge in [-0.1, -0.05) is 42.0 Å². The Hall–Kier alpha value is -2.27. The van der Waals surface area contributed by atoms with Crippen molar-refractivity contribution in [3.63, 3.8) is 0 Å². The molecule has 2 rings (SSSR count). The molecule has 102 valence electrons. The Morgan fingerprint density at radius 3 is 2.45 bits per heavy atom. The molecule has 0 amide bonds. The third-order valence-electron chi connectivity index (χ3n) is 3.23. The van der Waals surface area contributed by atoms with Crippen LogP contribution in [-0.2, 0) is 6.42 Å². The predicted octanol–water partition coefficient (Wildman–Crippen LogP) is 4.21. The molecule has 2 aromatic carbocycles. The van der Waals surface area contributed by atoms with E-state index in [2.05, 4.69) is 37.3 Å². The third kappa shape index (κ3) is 4.13. The van der Waals surface area contributed by atoms with E-state index in [1.807, 2.05) is 31.2 Å². The van der Waals surface area contributed by atoms with Gasteiger partial charge >= 0.3 is 0 Å². The molecule has 1 unspecified atom stereocenters. The third-order valence-corrected chi connectivity index (χ3v) is 3.23. The number of rotatable bonds is 5.